The molecule has 0 amide bonds. The minimum atomic E-state index is -4.47. The number of halogens is 3. The lowest BCUT2D eigenvalue weighted by Crippen LogP contribution is -2.07. The Labute approximate surface area is 147 Å². The maximum absolute atomic E-state index is 12.9. The van der Waals surface area contributed by atoms with Crippen LogP contribution in [-0.4, -0.2) is 39.3 Å². The summed E-state index contributed by atoms with van der Waals surface area (Å²) in [6.45, 7) is 3.22. The van der Waals surface area contributed by atoms with Gasteiger partial charge in [0.25, 0.3) is 0 Å². The second-order valence-corrected chi connectivity index (χ2v) is 5.48. The van der Waals surface area contributed by atoms with E-state index < -0.39 is 11.7 Å². The molecule has 0 radical (unpaired) electrons. The van der Waals surface area contributed by atoms with E-state index in [2.05, 4.69) is 15.0 Å². The molecule has 0 aliphatic carbocycles. The number of nitrogens with zero attached hydrogens (tertiary/aromatic N) is 4. The first kappa shape index (κ1) is 18.1. The summed E-state index contributed by atoms with van der Waals surface area (Å²) in [7, 11) is 1.69. The monoisotopic (exact) mass is 366 g/mol. The zero-order valence-electron chi connectivity index (χ0n) is 14.2. The number of imidazole rings is 1. The highest BCUT2D eigenvalue weighted by Gasteiger charge is 2.31. The molecule has 26 heavy (non-hydrogen) atoms. The van der Waals surface area contributed by atoms with Crippen molar-refractivity contribution in [3.63, 3.8) is 0 Å². The Balaban J connectivity index is 1.99. The van der Waals surface area contributed by atoms with E-state index in [1.165, 1.54) is 6.20 Å². The van der Waals surface area contributed by atoms with Gasteiger partial charge in [0, 0.05) is 26.0 Å². The molecule has 3 aromatic heterocycles. The average Bonchev–Trinajstić information content (AvgIpc) is 2.94. The van der Waals surface area contributed by atoms with Gasteiger partial charge in [0.05, 0.1) is 23.9 Å². The van der Waals surface area contributed by atoms with Crippen molar-refractivity contribution in [2.45, 2.75) is 13.1 Å². The molecule has 9 heteroatoms. The van der Waals surface area contributed by atoms with Crippen LogP contribution in [-0.2, 0) is 18.0 Å². The van der Waals surface area contributed by atoms with Crippen molar-refractivity contribution in [3.05, 3.63) is 36.3 Å². The summed E-state index contributed by atoms with van der Waals surface area (Å²) in [6, 6.07) is 2.69. The lowest BCUT2D eigenvalue weighted by atomic mass is 10.2. The minimum Gasteiger partial charge on any atom is -0.489 e. The van der Waals surface area contributed by atoms with E-state index in [1.54, 1.807) is 23.9 Å². The molecule has 0 bridgehead atoms. The van der Waals surface area contributed by atoms with Gasteiger partial charge in [0.2, 0.25) is 0 Å². The third-order valence-corrected chi connectivity index (χ3v) is 3.75. The first-order chi connectivity index (χ1) is 12.4. The Kier molecular flexibility index (Phi) is 5.08. The van der Waals surface area contributed by atoms with Crippen LogP contribution in [0.1, 0.15) is 12.5 Å². The topological polar surface area (TPSA) is 62.1 Å². The van der Waals surface area contributed by atoms with Crippen LogP contribution >= 0.6 is 0 Å². The lowest BCUT2D eigenvalue weighted by molar-refractivity contribution is -0.137. The summed E-state index contributed by atoms with van der Waals surface area (Å²) in [5.41, 5.74) is 0.294. The fourth-order valence-electron chi connectivity index (χ4n) is 2.51. The number of alkyl halides is 3. The molecule has 138 valence electrons. The maximum atomic E-state index is 12.9. The molecular weight excluding hydrogens is 349 g/mol. The number of pyridine rings is 2. The van der Waals surface area contributed by atoms with E-state index in [0.29, 0.717) is 42.6 Å². The summed E-state index contributed by atoms with van der Waals surface area (Å²) >= 11 is 0. The molecule has 0 spiro atoms. The van der Waals surface area contributed by atoms with Crippen molar-refractivity contribution in [2.75, 3.05) is 19.8 Å². The zero-order chi connectivity index (χ0) is 18.7. The van der Waals surface area contributed by atoms with E-state index >= 15 is 0 Å². The van der Waals surface area contributed by atoms with Crippen LogP contribution in [0.15, 0.2) is 30.7 Å². The molecule has 0 saturated carbocycles. The van der Waals surface area contributed by atoms with E-state index in [4.69, 9.17) is 9.47 Å². The fourth-order valence-corrected chi connectivity index (χ4v) is 2.51. The van der Waals surface area contributed by atoms with Gasteiger partial charge >= 0.3 is 6.18 Å². The predicted molar refractivity (Wildman–Crippen MR) is 88.7 cm³/mol. The van der Waals surface area contributed by atoms with Gasteiger partial charge in [-0.2, -0.15) is 13.2 Å². The van der Waals surface area contributed by atoms with Crippen LogP contribution in [0.3, 0.4) is 0 Å². The summed E-state index contributed by atoms with van der Waals surface area (Å²) < 4.78 is 51.2. The Morgan fingerprint density at radius 3 is 2.73 bits per heavy atom. The van der Waals surface area contributed by atoms with Crippen LogP contribution < -0.4 is 4.74 Å². The van der Waals surface area contributed by atoms with Crippen LogP contribution in [0.25, 0.3) is 22.6 Å². The Morgan fingerprint density at radius 1 is 1.19 bits per heavy atom. The Morgan fingerprint density at radius 2 is 2.00 bits per heavy atom. The van der Waals surface area contributed by atoms with Gasteiger partial charge < -0.3 is 14.0 Å². The van der Waals surface area contributed by atoms with Crippen LogP contribution in [0, 0.1) is 0 Å². The van der Waals surface area contributed by atoms with Crippen LogP contribution in [0.4, 0.5) is 13.2 Å². The van der Waals surface area contributed by atoms with Crippen molar-refractivity contribution < 1.29 is 22.6 Å². The van der Waals surface area contributed by atoms with Crippen molar-refractivity contribution in [1.82, 2.24) is 19.5 Å². The van der Waals surface area contributed by atoms with Crippen molar-refractivity contribution >= 4 is 11.2 Å². The van der Waals surface area contributed by atoms with E-state index in [-0.39, 0.29) is 5.52 Å². The van der Waals surface area contributed by atoms with Gasteiger partial charge in [-0.05, 0) is 19.1 Å². The van der Waals surface area contributed by atoms with E-state index in [1.807, 2.05) is 6.92 Å². The average molecular weight is 366 g/mol. The molecule has 3 aromatic rings. The molecule has 0 unspecified atom stereocenters. The molecule has 0 aliphatic heterocycles. The summed E-state index contributed by atoms with van der Waals surface area (Å²) in [4.78, 5) is 12.3. The molecule has 0 fully saturated rings. The second kappa shape index (κ2) is 7.28. The standard InChI is InChI=1S/C17H17F3N4O2/c1-3-25-6-7-26-14-10-21-5-4-12(14)15-23-13-8-11(17(18,19)20)9-22-16(13)24(15)2/h4-5,8-10H,3,6-7H2,1-2H3. The van der Waals surface area contributed by atoms with Gasteiger partial charge in [0.15, 0.2) is 5.65 Å². The fraction of sp³-hybridized carbons (Fsp3) is 0.353. The number of hydrogen-bond donors (Lipinski definition) is 0. The van der Waals surface area contributed by atoms with Crippen LogP contribution in [0.2, 0.25) is 0 Å². The Bertz CT molecular complexity index is 909. The summed E-state index contributed by atoms with van der Waals surface area (Å²) in [6.07, 6.45) is -0.559. The number of hydrogen-bond acceptors (Lipinski definition) is 5. The van der Waals surface area contributed by atoms with Crippen molar-refractivity contribution in [3.8, 4) is 17.1 Å². The number of rotatable bonds is 6. The van der Waals surface area contributed by atoms with E-state index in [9.17, 15) is 13.2 Å². The van der Waals surface area contributed by atoms with Crippen molar-refractivity contribution in [1.29, 1.82) is 0 Å². The number of ether oxygens (including phenoxy) is 2. The second-order valence-electron chi connectivity index (χ2n) is 5.48. The normalized spacial score (nSPS) is 11.9. The molecule has 0 atom stereocenters. The highest BCUT2D eigenvalue weighted by Crippen LogP contribution is 2.33. The molecular formula is C17H17F3N4O2. The van der Waals surface area contributed by atoms with Crippen molar-refractivity contribution in [2.24, 2.45) is 7.05 Å². The quantitative estimate of drug-likeness (QED) is 0.625. The first-order valence-electron chi connectivity index (χ1n) is 7.96. The smallest absolute Gasteiger partial charge is 0.417 e. The zero-order valence-corrected chi connectivity index (χ0v) is 14.2. The minimum absolute atomic E-state index is 0.161. The van der Waals surface area contributed by atoms with Gasteiger partial charge in [0.1, 0.15) is 23.7 Å². The van der Waals surface area contributed by atoms with Gasteiger partial charge in [-0.3, -0.25) is 4.98 Å². The number of aryl methyl sites for hydroxylation is 1. The molecule has 6 nitrogen and oxygen atoms in total. The summed E-state index contributed by atoms with van der Waals surface area (Å²) in [5.74, 6) is 0.919. The molecule has 3 rings (SSSR count). The summed E-state index contributed by atoms with van der Waals surface area (Å²) in [5, 5.41) is 0. The maximum Gasteiger partial charge on any atom is 0.417 e. The van der Waals surface area contributed by atoms with Gasteiger partial charge in [-0.1, -0.05) is 0 Å². The predicted octanol–water partition coefficient (Wildman–Crippen LogP) is 3.46. The van der Waals surface area contributed by atoms with Crippen LogP contribution in [0.5, 0.6) is 5.75 Å². The highest BCUT2D eigenvalue weighted by molar-refractivity contribution is 5.79. The number of aromatic nitrogens is 4. The molecule has 0 aliphatic rings. The third kappa shape index (κ3) is 3.62. The van der Waals surface area contributed by atoms with E-state index in [0.717, 1.165) is 12.3 Å². The molecule has 0 N–H and O–H groups in total. The molecule has 0 aromatic carbocycles. The SMILES string of the molecule is CCOCCOc1cnccc1-c1nc2cc(C(F)(F)F)cnc2n1C. The molecule has 0 saturated heterocycles. The van der Waals surface area contributed by atoms with Gasteiger partial charge in [-0.25, -0.2) is 9.97 Å². The van der Waals surface area contributed by atoms with Gasteiger partial charge in [-0.15, -0.1) is 0 Å². The highest BCUT2D eigenvalue weighted by atomic mass is 19.4. The third-order valence-electron chi connectivity index (χ3n) is 3.75. The first-order valence-corrected chi connectivity index (χ1v) is 7.96. The Hall–Kier alpha value is -2.68. The number of fused-ring (bicyclic) bond motifs is 1. The largest absolute Gasteiger partial charge is 0.489 e. The molecule has 3 heterocycles. The lowest BCUT2D eigenvalue weighted by Gasteiger charge is -2.10.